The molecule has 3 aromatic rings. The fourth-order valence-electron chi connectivity index (χ4n) is 4.19. The summed E-state index contributed by atoms with van der Waals surface area (Å²) in [5.74, 6) is 0.974. The molecule has 0 aromatic heterocycles. The molecule has 0 aliphatic rings. The molecule has 0 saturated heterocycles. The largest absolute Gasteiger partial charge is 0.494 e. The Morgan fingerprint density at radius 1 is 0.844 bits per heavy atom. The average molecular weight is 638 g/mol. The van der Waals surface area contributed by atoms with Crippen LogP contribution in [0.2, 0.25) is 0 Å². The monoisotopic (exact) mass is 637 g/mol. The molecule has 0 aliphatic carbocycles. The molecule has 0 saturated carbocycles. The number of benzene rings is 3. The van der Waals surface area contributed by atoms with E-state index in [9.17, 15) is 14.4 Å². The maximum absolute atomic E-state index is 13.4. The Bertz CT molecular complexity index is 1460. The molecule has 1 N–H and O–H groups in total. The van der Waals surface area contributed by atoms with Crippen LogP contribution in [0, 0.1) is 0 Å². The lowest BCUT2D eigenvalue weighted by atomic mass is 10.0. The highest BCUT2D eigenvalue weighted by Gasteiger charge is 2.23. The maximum Gasteiger partial charge on any atom is 0.412 e. The standard InChI is InChI=1S/C35H43NO8S/c1-24(2)32(37)42-19-9-8-18-41-31-28-12-7-6-11-27(28)29(23-30(31)36-34(39)44-35(3,4)5)33(38)43-21-17-25-13-15-26(16-14-25)40-20-10-22-45/h6-7,11-16,23,45H,1,8-10,17-22H2,2-5H3,(H,36,39). The summed E-state index contributed by atoms with van der Waals surface area (Å²) in [5.41, 5.74) is 1.16. The van der Waals surface area contributed by atoms with Crippen molar-refractivity contribution in [3.05, 3.63) is 77.9 Å². The first-order valence-electron chi connectivity index (χ1n) is 15.0. The highest BCUT2D eigenvalue weighted by molar-refractivity contribution is 7.80. The van der Waals surface area contributed by atoms with Gasteiger partial charge in [0.2, 0.25) is 0 Å². The number of carbonyl (C=O) groups excluding carboxylic acids is 3. The van der Waals surface area contributed by atoms with Crippen LogP contribution in [0.3, 0.4) is 0 Å². The number of rotatable bonds is 16. The Hall–Kier alpha value is -4.18. The molecular formula is C35H43NO8S. The number of ether oxygens (including phenoxy) is 5. The highest BCUT2D eigenvalue weighted by atomic mass is 32.1. The summed E-state index contributed by atoms with van der Waals surface area (Å²) in [6.45, 7) is 11.7. The number of amides is 1. The van der Waals surface area contributed by atoms with Crippen molar-refractivity contribution in [3.8, 4) is 11.5 Å². The fourth-order valence-corrected chi connectivity index (χ4v) is 4.32. The number of carbonyl (C=O) groups is 3. The van der Waals surface area contributed by atoms with Crippen molar-refractivity contribution in [3.63, 3.8) is 0 Å². The quantitative estimate of drug-likeness (QED) is 0.0545. The van der Waals surface area contributed by atoms with Gasteiger partial charge in [0.05, 0.1) is 37.7 Å². The number of fused-ring (bicyclic) bond motifs is 1. The van der Waals surface area contributed by atoms with Crippen LogP contribution in [0.15, 0.2) is 66.7 Å². The van der Waals surface area contributed by atoms with Crippen molar-refractivity contribution >= 4 is 47.1 Å². The first-order chi connectivity index (χ1) is 21.5. The van der Waals surface area contributed by atoms with Gasteiger partial charge in [-0.2, -0.15) is 12.6 Å². The van der Waals surface area contributed by atoms with E-state index in [4.69, 9.17) is 23.7 Å². The molecule has 0 fully saturated rings. The van der Waals surface area contributed by atoms with E-state index in [0.717, 1.165) is 23.5 Å². The summed E-state index contributed by atoms with van der Waals surface area (Å²) in [6, 6.07) is 16.5. The minimum Gasteiger partial charge on any atom is -0.494 e. The summed E-state index contributed by atoms with van der Waals surface area (Å²) in [5, 5.41) is 3.99. The molecule has 9 nitrogen and oxygen atoms in total. The minimum atomic E-state index is -0.734. The second-order valence-corrected chi connectivity index (χ2v) is 11.8. The lowest BCUT2D eigenvalue weighted by molar-refractivity contribution is -0.139. The van der Waals surface area contributed by atoms with Crippen molar-refractivity contribution in [1.29, 1.82) is 0 Å². The van der Waals surface area contributed by atoms with Crippen molar-refractivity contribution < 1.29 is 38.1 Å². The number of thiol groups is 1. The number of hydrogen-bond acceptors (Lipinski definition) is 9. The molecule has 3 rings (SSSR count). The van der Waals surface area contributed by atoms with E-state index in [1.807, 2.05) is 42.5 Å². The van der Waals surface area contributed by atoms with Crippen LogP contribution < -0.4 is 14.8 Å². The molecule has 0 atom stereocenters. The van der Waals surface area contributed by atoms with Gasteiger partial charge >= 0.3 is 18.0 Å². The normalized spacial score (nSPS) is 11.0. The van der Waals surface area contributed by atoms with Gasteiger partial charge < -0.3 is 23.7 Å². The van der Waals surface area contributed by atoms with Gasteiger partial charge in [-0.15, -0.1) is 0 Å². The molecule has 0 radical (unpaired) electrons. The van der Waals surface area contributed by atoms with Crippen molar-refractivity contribution in [1.82, 2.24) is 0 Å². The highest BCUT2D eigenvalue weighted by Crippen LogP contribution is 2.37. The molecule has 0 aliphatic heterocycles. The predicted octanol–water partition coefficient (Wildman–Crippen LogP) is 7.56. The molecule has 0 bridgehead atoms. The van der Waals surface area contributed by atoms with Crippen LogP contribution >= 0.6 is 12.6 Å². The van der Waals surface area contributed by atoms with Gasteiger partial charge in [0.1, 0.15) is 11.4 Å². The zero-order valence-electron chi connectivity index (χ0n) is 26.5. The number of hydrogen-bond donors (Lipinski definition) is 2. The van der Waals surface area contributed by atoms with E-state index in [0.29, 0.717) is 48.0 Å². The van der Waals surface area contributed by atoms with Gasteiger partial charge in [-0.05, 0) is 76.5 Å². The van der Waals surface area contributed by atoms with Crippen molar-refractivity contribution in [2.45, 2.75) is 59.0 Å². The summed E-state index contributed by atoms with van der Waals surface area (Å²) in [6.07, 6.45) is 1.85. The third kappa shape index (κ3) is 11.7. The Balaban J connectivity index is 1.76. The van der Waals surface area contributed by atoms with Crippen LogP contribution in [-0.4, -0.2) is 55.8 Å². The smallest absolute Gasteiger partial charge is 0.412 e. The van der Waals surface area contributed by atoms with Crippen molar-refractivity contribution in [2.75, 3.05) is 37.5 Å². The van der Waals surface area contributed by atoms with E-state index in [-0.39, 0.29) is 31.1 Å². The van der Waals surface area contributed by atoms with Crippen molar-refractivity contribution in [2.24, 2.45) is 0 Å². The molecule has 0 heterocycles. The van der Waals surface area contributed by atoms with Gasteiger partial charge in [-0.1, -0.05) is 43.0 Å². The molecule has 1 amide bonds. The Labute approximate surface area is 270 Å². The molecule has 10 heteroatoms. The number of unbranched alkanes of at least 4 members (excludes halogenated alkanes) is 1. The van der Waals surface area contributed by atoms with E-state index < -0.39 is 23.6 Å². The molecule has 242 valence electrons. The van der Waals surface area contributed by atoms with Gasteiger partial charge in [-0.3, -0.25) is 5.32 Å². The lowest BCUT2D eigenvalue weighted by Crippen LogP contribution is -2.27. The van der Waals surface area contributed by atoms with Crippen LogP contribution in [0.4, 0.5) is 10.5 Å². The third-order valence-corrected chi connectivity index (χ3v) is 6.65. The van der Waals surface area contributed by atoms with Crippen LogP contribution in [0.5, 0.6) is 11.5 Å². The number of esters is 2. The number of anilines is 1. The van der Waals surface area contributed by atoms with E-state index in [1.165, 1.54) is 0 Å². The average Bonchev–Trinajstić information content (AvgIpc) is 2.99. The fraction of sp³-hybridized carbons (Fsp3) is 0.400. The summed E-state index contributed by atoms with van der Waals surface area (Å²) in [4.78, 5) is 37.8. The summed E-state index contributed by atoms with van der Waals surface area (Å²) in [7, 11) is 0. The Morgan fingerprint density at radius 3 is 2.18 bits per heavy atom. The van der Waals surface area contributed by atoms with Crippen LogP contribution in [0.25, 0.3) is 10.8 Å². The molecular weight excluding hydrogens is 594 g/mol. The van der Waals surface area contributed by atoms with Crippen LogP contribution in [-0.2, 0) is 25.4 Å². The predicted molar refractivity (Wildman–Crippen MR) is 179 cm³/mol. The lowest BCUT2D eigenvalue weighted by Gasteiger charge is -2.22. The summed E-state index contributed by atoms with van der Waals surface area (Å²) < 4.78 is 28.1. The molecule has 0 unspecified atom stereocenters. The van der Waals surface area contributed by atoms with Gasteiger partial charge in [-0.25, -0.2) is 14.4 Å². The molecule has 3 aromatic carbocycles. The maximum atomic E-state index is 13.4. The zero-order chi connectivity index (χ0) is 32.8. The van der Waals surface area contributed by atoms with E-state index in [1.54, 1.807) is 39.8 Å². The van der Waals surface area contributed by atoms with E-state index >= 15 is 0 Å². The Kier molecular flexibility index (Phi) is 13.6. The number of nitrogens with one attached hydrogen (secondary N) is 1. The van der Waals surface area contributed by atoms with Gasteiger partial charge in [0, 0.05) is 22.8 Å². The first-order valence-corrected chi connectivity index (χ1v) is 15.6. The third-order valence-electron chi connectivity index (χ3n) is 6.34. The zero-order valence-corrected chi connectivity index (χ0v) is 27.4. The Morgan fingerprint density at radius 2 is 1.51 bits per heavy atom. The molecule has 45 heavy (non-hydrogen) atoms. The van der Waals surface area contributed by atoms with Gasteiger partial charge in [0.25, 0.3) is 0 Å². The SMILES string of the molecule is C=C(C)C(=O)OCCCCOc1c(NC(=O)OC(C)(C)C)cc(C(=O)OCCc2ccc(OCCCS)cc2)c2ccccc12. The minimum absolute atomic E-state index is 0.163. The second-order valence-electron chi connectivity index (χ2n) is 11.4. The summed E-state index contributed by atoms with van der Waals surface area (Å²) >= 11 is 4.19. The van der Waals surface area contributed by atoms with E-state index in [2.05, 4.69) is 24.5 Å². The van der Waals surface area contributed by atoms with Gasteiger partial charge in [0.15, 0.2) is 5.75 Å². The molecule has 0 spiro atoms. The second kappa shape index (κ2) is 17.3. The van der Waals surface area contributed by atoms with Crippen LogP contribution in [0.1, 0.15) is 62.9 Å². The topological polar surface area (TPSA) is 109 Å². The first kappa shape index (κ1) is 35.3.